The molecule has 0 radical (unpaired) electrons. The molecule has 0 aromatic heterocycles. The summed E-state index contributed by atoms with van der Waals surface area (Å²) in [7, 11) is 17.1. The highest BCUT2D eigenvalue weighted by Crippen LogP contribution is 2.53. The Morgan fingerprint density at radius 2 is 0.735 bits per heavy atom. The van der Waals surface area contributed by atoms with E-state index in [1.54, 1.807) is 0 Å². The van der Waals surface area contributed by atoms with Gasteiger partial charge in [0.1, 0.15) is 12.3 Å². The fraction of sp³-hybridized carbons (Fsp3) is 0.357. The minimum Gasteiger partial charge on any atom is -0.378 e. The Morgan fingerprint density at radius 1 is 0.471 bits per heavy atom. The molecule has 0 amide bonds. The average molecular weight is 457 g/mol. The predicted molar refractivity (Wildman–Crippen MR) is 147 cm³/mol. The first-order valence-electron chi connectivity index (χ1n) is 11.8. The van der Waals surface area contributed by atoms with Gasteiger partial charge in [-0.3, -0.25) is 0 Å². The van der Waals surface area contributed by atoms with Crippen LogP contribution in [0.4, 0.5) is 34.1 Å². The van der Waals surface area contributed by atoms with Gasteiger partial charge in [-0.25, -0.2) is 0 Å². The lowest BCUT2D eigenvalue weighted by molar-refractivity contribution is 0.688. The third kappa shape index (κ3) is 3.31. The Labute approximate surface area is 204 Å². The predicted octanol–water partition coefficient (Wildman–Crippen LogP) is 4.99. The maximum Gasteiger partial charge on any atom is 0.128 e. The van der Waals surface area contributed by atoms with Gasteiger partial charge in [-0.15, -0.1) is 0 Å². The zero-order valence-electron chi connectivity index (χ0n) is 21.6. The van der Waals surface area contributed by atoms with Crippen LogP contribution in [0.15, 0.2) is 60.7 Å². The Hall–Kier alpha value is -3.54. The normalized spacial score (nSPS) is 15.8. The maximum absolute atomic E-state index is 2.40. The van der Waals surface area contributed by atoms with E-state index < -0.39 is 0 Å². The average Bonchev–Trinajstić information content (AvgIpc) is 3.22. The zero-order chi connectivity index (χ0) is 24.3. The first kappa shape index (κ1) is 22.3. The minimum atomic E-state index is 0.179. The van der Waals surface area contributed by atoms with Gasteiger partial charge in [0.25, 0.3) is 0 Å². The van der Waals surface area contributed by atoms with Crippen molar-refractivity contribution < 1.29 is 0 Å². The molecule has 0 unspecified atom stereocenters. The molecule has 3 aromatic carbocycles. The largest absolute Gasteiger partial charge is 0.378 e. The molecule has 0 atom stereocenters. The fourth-order valence-corrected chi connectivity index (χ4v) is 5.51. The van der Waals surface area contributed by atoms with Crippen molar-refractivity contribution in [1.82, 2.24) is 0 Å². The highest BCUT2D eigenvalue weighted by molar-refractivity contribution is 5.91. The van der Waals surface area contributed by atoms with Gasteiger partial charge in [0.2, 0.25) is 0 Å². The van der Waals surface area contributed by atoms with Crippen LogP contribution in [0.3, 0.4) is 0 Å². The first-order chi connectivity index (χ1) is 16.2. The molecule has 0 bridgehead atoms. The molecule has 0 saturated carbocycles. The fourth-order valence-electron chi connectivity index (χ4n) is 5.51. The third-order valence-corrected chi connectivity index (χ3v) is 7.47. The molecule has 0 spiro atoms. The van der Waals surface area contributed by atoms with Crippen LogP contribution in [-0.2, 0) is 0 Å². The van der Waals surface area contributed by atoms with E-state index in [4.69, 9.17) is 0 Å². The van der Waals surface area contributed by atoms with Gasteiger partial charge < -0.3 is 29.4 Å². The van der Waals surface area contributed by atoms with E-state index in [1.807, 2.05) is 0 Å². The monoisotopic (exact) mass is 456 g/mol. The van der Waals surface area contributed by atoms with Gasteiger partial charge in [0, 0.05) is 67.8 Å². The smallest absolute Gasteiger partial charge is 0.128 e. The molecule has 0 fully saturated rings. The molecule has 2 aliphatic rings. The zero-order valence-corrected chi connectivity index (χ0v) is 21.6. The standard InChI is InChI=1S/C28H36N6/c1-29(2)21-13-9-19(10-14-21)27-31(5)23-17-25-26(18-24(23)32(27)6)34(8)28(33(25)7)20-11-15-22(16-12-20)30(3)4/h9-18,27-28H,1-8H3. The molecule has 34 heavy (non-hydrogen) atoms. The van der Waals surface area contributed by atoms with Gasteiger partial charge in [-0.2, -0.15) is 0 Å². The highest BCUT2D eigenvalue weighted by Gasteiger charge is 2.38. The van der Waals surface area contributed by atoms with E-state index in [0.29, 0.717) is 0 Å². The lowest BCUT2D eigenvalue weighted by atomic mass is 10.1. The molecule has 2 aliphatic heterocycles. The van der Waals surface area contributed by atoms with Crippen molar-refractivity contribution in [3.63, 3.8) is 0 Å². The molecule has 6 nitrogen and oxygen atoms in total. The van der Waals surface area contributed by atoms with Crippen molar-refractivity contribution in [3.05, 3.63) is 71.8 Å². The third-order valence-electron chi connectivity index (χ3n) is 7.47. The Bertz CT molecular complexity index is 1050. The number of anilines is 6. The van der Waals surface area contributed by atoms with Gasteiger partial charge >= 0.3 is 0 Å². The van der Waals surface area contributed by atoms with E-state index in [1.165, 1.54) is 45.3 Å². The van der Waals surface area contributed by atoms with E-state index in [0.717, 1.165) is 0 Å². The van der Waals surface area contributed by atoms with Gasteiger partial charge in [-0.1, -0.05) is 24.3 Å². The van der Waals surface area contributed by atoms with Crippen molar-refractivity contribution >= 4 is 34.1 Å². The molecule has 3 aromatic rings. The number of nitrogens with zero attached hydrogens (tertiary/aromatic N) is 6. The van der Waals surface area contributed by atoms with Crippen molar-refractivity contribution in [2.75, 3.05) is 85.8 Å². The summed E-state index contributed by atoms with van der Waals surface area (Å²) >= 11 is 0. The molecule has 0 N–H and O–H groups in total. The van der Waals surface area contributed by atoms with Crippen molar-refractivity contribution in [3.8, 4) is 0 Å². The van der Waals surface area contributed by atoms with Crippen LogP contribution in [0.25, 0.3) is 0 Å². The van der Waals surface area contributed by atoms with Gasteiger partial charge in [0.15, 0.2) is 0 Å². The van der Waals surface area contributed by atoms with Crippen LogP contribution in [0.1, 0.15) is 23.5 Å². The van der Waals surface area contributed by atoms with Gasteiger partial charge in [-0.05, 0) is 47.5 Å². The lowest BCUT2D eigenvalue weighted by Gasteiger charge is -2.30. The van der Waals surface area contributed by atoms with E-state index in [-0.39, 0.29) is 12.3 Å². The van der Waals surface area contributed by atoms with Gasteiger partial charge in [0.05, 0.1) is 22.7 Å². The van der Waals surface area contributed by atoms with Crippen LogP contribution < -0.4 is 29.4 Å². The maximum atomic E-state index is 2.40. The quantitative estimate of drug-likeness (QED) is 0.547. The van der Waals surface area contributed by atoms with Crippen LogP contribution in [-0.4, -0.2) is 56.4 Å². The van der Waals surface area contributed by atoms with E-state index in [2.05, 4.69) is 146 Å². The number of hydrogen-bond donors (Lipinski definition) is 0. The molecule has 0 saturated heterocycles. The molecule has 2 heterocycles. The minimum absolute atomic E-state index is 0.179. The molecule has 6 heteroatoms. The molecular formula is C28H36N6. The second-order valence-electron chi connectivity index (χ2n) is 9.99. The summed E-state index contributed by atoms with van der Waals surface area (Å²) in [5.41, 5.74) is 10.1. The number of hydrogen-bond acceptors (Lipinski definition) is 6. The lowest BCUT2D eigenvalue weighted by Crippen LogP contribution is -2.31. The first-order valence-corrected chi connectivity index (χ1v) is 11.8. The Morgan fingerprint density at radius 3 is 0.971 bits per heavy atom. The van der Waals surface area contributed by atoms with Crippen LogP contribution in [0.5, 0.6) is 0 Å². The van der Waals surface area contributed by atoms with Crippen LogP contribution >= 0.6 is 0 Å². The summed E-state index contributed by atoms with van der Waals surface area (Å²) in [5.74, 6) is 0. The SMILES string of the molecule is CN(C)c1ccc(C2N(C)c3cc4c(cc3N2C)N(C)C(c2ccc(N(C)C)cc2)N4C)cc1. The number of fused-ring (bicyclic) bond motifs is 2. The van der Waals surface area contributed by atoms with Crippen molar-refractivity contribution in [1.29, 1.82) is 0 Å². The van der Waals surface area contributed by atoms with E-state index >= 15 is 0 Å². The second-order valence-corrected chi connectivity index (χ2v) is 9.99. The summed E-state index contributed by atoms with van der Waals surface area (Å²) in [5, 5.41) is 0. The topological polar surface area (TPSA) is 19.4 Å². The summed E-state index contributed by atoms with van der Waals surface area (Å²) in [6.45, 7) is 0. The number of benzene rings is 3. The van der Waals surface area contributed by atoms with Crippen molar-refractivity contribution in [2.24, 2.45) is 0 Å². The summed E-state index contributed by atoms with van der Waals surface area (Å²) in [6.07, 6.45) is 0.359. The Kier molecular flexibility index (Phi) is 5.27. The summed E-state index contributed by atoms with van der Waals surface area (Å²) < 4.78 is 0. The summed E-state index contributed by atoms with van der Waals surface area (Å²) in [6, 6.07) is 22.5. The van der Waals surface area contributed by atoms with Crippen molar-refractivity contribution in [2.45, 2.75) is 12.3 Å². The van der Waals surface area contributed by atoms with Crippen LogP contribution in [0.2, 0.25) is 0 Å². The molecular weight excluding hydrogens is 420 g/mol. The molecule has 5 rings (SSSR count). The number of rotatable bonds is 4. The molecule has 0 aliphatic carbocycles. The highest BCUT2D eigenvalue weighted by atomic mass is 15.4. The Balaban J connectivity index is 1.47. The second kappa shape index (κ2) is 8.05. The van der Waals surface area contributed by atoms with E-state index in [9.17, 15) is 0 Å². The van der Waals surface area contributed by atoms with Crippen LogP contribution in [0, 0.1) is 0 Å². The molecule has 178 valence electrons. The summed E-state index contributed by atoms with van der Waals surface area (Å²) in [4.78, 5) is 13.9.